The molecule has 0 saturated carbocycles. The smallest absolute Gasteiger partial charge is 0.321 e. The predicted molar refractivity (Wildman–Crippen MR) is 110 cm³/mol. The number of thiophene rings is 1. The molecule has 0 bridgehead atoms. The number of benzene rings is 1. The lowest BCUT2D eigenvalue weighted by Crippen LogP contribution is -2.37. The second kappa shape index (κ2) is 8.38. The van der Waals surface area contributed by atoms with Crippen LogP contribution in [0.2, 0.25) is 0 Å². The van der Waals surface area contributed by atoms with Gasteiger partial charge >= 0.3 is 5.97 Å². The Morgan fingerprint density at radius 1 is 1.36 bits per heavy atom. The van der Waals surface area contributed by atoms with Gasteiger partial charge in [0.05, 0.1) is 4.88 Å². The maximum atomic E-state index is 11.3. The highest BCUT2D eigenvalue weighted by molar-refractivity contribution is 7.99. The summed E-state index contributed by atoms with van der Waals surface area (Å²) in [7, 11) is 0. The Hall–Kier alpha value is -2.29. The summed E-state index contributed by atoms with van der Waals surface area (Å²) in [4.78, 5) is 18.8. The second-order valence-corrected chi connectivity index (χ2v) is 8.48. The molecule has 1 aliphatic rings. The summed E-state index contributed by atoms with van der Waals surface area (Å²) in [5.74, 6) is 2.75. The molecular formula is C20H20N2O4S2. The summed E-state index contributed by atoms with van der Waals surface area (Å²) in [6.45, 7) is 2.85. The van der Waals surface area contributed by atoms with E-state index in [0.717, 1.165) is 33.5 Å². The molecule has 1 fully saturated rings. The standard InChI is InChI=1S/C20H20N2O4S2/c1-13-16(21-19(26-13)18-3-2-8-28-18)10-25-15-6-4-14(5-7-15)9-22-12-27-11-17(22)20(23)24/h2-8,17H,9-12H2,1H3,(H,23,24). The van der Waals surface area contributed by atoms with Gasteiger partial charge < -0.3 is 14.3 Å². The monoisotopic (exact) mass is 416 g/mol. The fraction of sp³-hybridized carbons (Fsp3) is 0.300. The molecule has 0 amide bonds. The van der Waals surface area contributed by atoms with E-state index in [-0.39, 0.29) is 0 Å². The zero-order valence-electron chi connectivity index (χ0n) is 15.3. The summed E-state index contributed by atoms with van der Waals surface area (Å²) >= 11 is 3.24. The molecule has 146 valence electrons. The van der Waals surface area contributed by atoms with Gasteiger partial charge in [-0.1, -0.05) is 18.2 Å². The van der Waals surface area contributed by atoms with E-state index in [9.17, 15) is 9.90 Å². The molecule has 4 rings (SSSR count). The molecule has 8 heteroatoms. The summed E-state index contributed by atoms with van der Waals surface area (Å²) in [5.41, 5.74) is 1.85. The fourth-order valence-corrected chi connectivity index (χ4v) is 4.84. The van der Waals surface area contributed by atoms with E-state index in [1.807, 2.05) is 53.6 Å². The zero-order valence-corrected chi connectivity index (χ0v) is 17.0. The number of rotatable bonds is 7. The molecule has 1 aromatic carbocycles. The molecule has 1 atom stereocenters. The summed E-state index contributed by atoms with van der Waals surface area (Å²) in [5, 5.41) is 11.3. The number of ether oxygens (including phenoxy) is 1. The quantitative estimate of drug-likeness (QED) is 0.617. The maximum absolute atomic E-state index is 11.3. The van der Waals surface area contributed by atoms with Gasteiger partial charge in [-0.3, -0.25) is 9.69 Å². The molecule has 2 aromatic heterocycles. The first kappa shape index (κ1) is 19.0. The third kappa shape index (κ3) is 4.24. The number of hydrogen-bond acceptors (Lipinski definition) is 7. The fourth-order valence-electron chi connectivity index (χ4n) is 3.01. The van der Waals surface area contributed by atoms with E-state index in [1.54, 1.807) is 23.1 Å². The molecule has 6 nitrogen and oxygen atoms in total. The van der Waals surface area contributed by atoms with Gasteiger partial charge in [0.1, 0.15) is 29.9 Å². The molecule has 28 heavy (non-hydrogen) atoms. The first-order valence-corrected chi connectivity index (χ1v) is 10.9. The lowest BCUT2D eigenvalue weighted by Gasteiger charge is -2.20. The highest BCUT2D eigenvalue weighted by Crippen LogP contribution is 2.27. The Morgan fingerprint density at radius 3 is 2.89 bits per heavy atom. The minimum absolute atomic E-state index is 0.337. The number of oxazole rings is 1. The van der Waals surface area contributed by atoms with Crippen molar-refractivity contribution in [1.29, 1.82) is 0 Å². The molecule has 1 N–H and O–H groups in total. The molecular weight excluding hydrogens is 396 g/mol. The SMILES string of the molecule is Cc1oc(-c2cccs2)nc1COc1ccc(CN2CSCC2C(=O)O)cc1. The van der Waals surface area contributed by atoms with Crippen LogP contribution in [0.5, 0.6) is 5.75 Å². The average molecular weight is 417 g/mol. The Balaban J connectivity index is 1.36. The van der Waals surface area contributed by atoms with Crippen molar-refractivity contribution in [2.45, 2.75) is 26.1 Å². The average Bonchev–Trinajstić information content (AvgIpc) is 3.42. The number of aliphatic carboxylic acids is 1. The number of nitrogens with zero attached hydrogens (tertiary/aromatic N) is 2. The number of carboxylic acids is 1. The first-order chi connectivity index (χ1) is 13.6. The van der Waals surface area contributed by atoms with Crippen LogP contribution >= 0.6 is 23.1 Å². The van der Waals surface area contributed by atoms with Gasteiger partial charge in [0.15, 0.2) is 0 Å². The van der Waals surface area contributed by atoms with Crippen LogP contribution in [0.25, 0.3) is 10.8 Å². The largest absolute Gasteiger partial charge is 0.487 e. The zero-order chi connectivity index (χ0) is 19.5. The molecule has 3 aromatic rings. The van der Waals surface area contributed by atoms with Crippen molar-refractivity contribution in [3.05, 3.63) is 58.8 Å². The number of carboxylic acid groups (broad SMARTS) is 1. The van der Waals surface area contributed by atoms with Crippen LogP contribution in [0.4, 0.5) is 0 Å². The third-order valence-electron chi connectivity index (χ3n) is 4.57. The van der Waals surface area contributed by atoms with E-state index in [1.165, 1.54) is 0 Å². The normalized spacial score (nSPS) is 17.1. The van der Waals surface area contributed by atoms with Crippen molar-refractivity contribution in [3.8, 4) is 16.5 Å². The van der Waals surface area contributed by atoms with Crippen LogP contribution < -0.4 is 4.74 Å². The van der Waals surface area contributed by atoms with E-state index in [0.29, 0.717) is 24.8 Å². The molecule has 3 heterocycles. The van der Waals surface area contributed by atoms with Gasteiger partial charge in [0.2, 0.25) is 5.89 Å². The van der Waals surface area contributed by atoms with Crippen molar-refractivity contribution in [2.24, 2.45) is 0 Å². The molecule has 0 spiro atoms. The number of hydrogen-bond donors (Lipinski definition) is 1. The van der Waals surface area contributed by atoms with E-state index < -0.39 is 12.0 Å². The lowest BCUT2D eigenvalue weighted by molar-refractivity contribution is -0.141. The van der Waals surface area contributed by atoms with Gasteiger partial charge in [-0.25, -0.2) is 4.98 Å². The van der Waals surface area contributed by atoms with Crippen LogP contribution in [0, 0.1) is 6.92 Å². The van der Waals surface area contributed by atoms with E-state index in [2.05, 4.69) is 4.98 Å². The molecule has 0 radical (unpaired) electrons. The van der Waals surface area contributed by atoms with E-state index in [4.69, 9.17) is 9.15 Å². The number of aromatic nitrogens is 1. The summed E-state index contributed by atoms with van der Waals surface area (Å²) in [6.07, 6.45) is 0. The van der Waals surface area contributed by atoms with Crippen LogP contribution in [0.3, 0.4) is 0 Å². The third-order valence-corrected chi connectivity index (χ3v) is 6.49. The van der Waals surface area contributed by atoms with Crippen LogP contribution in [-0.4, -0.2) is 38.6 Å². The van der Waals surface area contributed by atoms with Gasteiger partial charge in [0.25, 0.3) is 0 Å². The van der Waals surface area contributed by atoms with Crippen molar-refractivity contribution < 1.29 is 19.1 Å². The topological polar surface area (TPSA) is 75.8 Å². The lowest BCUT2D eigenvalue weighted by atomic mass is 10.2. The maximum Gasteiger partial charge on any atom is 0.321 e. The Kier molecular flexibility index (Phi) is 5.70. The molecule has 0 aliphatic carbocycles. The minimum atomic E-state index is -0.755. The molecule has 1 aliphatic heterocycles. The molecule has 1 unspecified atom stereocenters. The second-order valence-electron chi connectivity index (χ2n) is 6.53. The van der Waals surface area contributed by atoms with Crippen LogP contribution in [0.1, 0.15) is 17.0 Å². The molecule has 1 saturated heterocycles. The van der Waals surface area contributed by atoms with Crippen LogP contribution in [0.15, 0.2) is 46.2 Å². The first-order valence-electron chi connectivity index (χ1n) is 8.86. The summed E-state index contributed by atoms with van der Waals surface area (Å²) in [6, 6.07) is 11.3. The highest BCUT2D eigenvalue weighted by atomic mass is 32.2. The van der Waals surface area contributed by atoms with Crippen molar-refractivity contribution in [3.63, 3.8) is 0 Å². The van der Waals surface area contributed by atoms with Crippen molar-refractivity contribution in [2.75, 3.05) is 11.6 Å². The minimum Gasteiger partial charge on any atom is -0.487 e. The van der Waals surface area contributed by atoms with Gasteiger partial charge in [-0.15, -0.1) is 23.1 Å². The number of thioether (sulfide) groups is 1. The Labute approximate surface area is 171 Å². The predicted octanol–water partition coefficient (Wildman–Crippen LogP) is 4.25. The number of aryl methyl sites for hydroxylation is 1. The Bertz CT molecular complexity index is 938. The van der Waals surface area contributed by atoms with Crippen molar-refractivity contribution >= 4 is 29.1 Å². The number of carbonyl (C=O) groups is 1. The van der Waals surface area contributed by atoms with Crippen molar-refractivity contribution in [1.82, 2.24) is 9.88 Å². The van der Waals surface area contributed by atoms with Gasteiger partial charge in [0, 0.05) is 18.2 Å². The Morgan fingerprint density at radius 2 is 2.18 bits per heavy atom. The van der Waals surface area contributed by atoms with E-state index >= 15 is 0 Å². The van der Waals surface area contributed by atoms with Crippen LogP contribution in [-0.2, 0) is 17.9 Å². The summed E-state index contributed by atoms with van der Waals surface area (Å²) < 4.78 is 11.6. The van der Waals surface area contributed by atoms with Gasteiger partial charge in [-0.05, 0) is 36.1 Å². The van der Waals surface area contributed by atoms with Gasteiger partial charge in [-0.2, -0.15) is 0 Å². The highest BCUT2D eigenvalue weighted by Gasteiger charge is 2.30.